The summed E-state index contributed by atoms with van der Waals surface area (Å²) in [6, 6.07) is 14.2. The monoisotopic (exact) mass is 294 g/mol. The molecule has 4 heteroatoms. The van der Waals surface area contributed by atoms with Crippen molar-refractivity contribution in [1.29, 1.82) is 0 Å². The highest BCUT2D eigenvalue weighted by Gasteiger charge is 2.24. The van der Waals surface area contributed by atoms with E-state index in [0.29, 0.717) is 32.9 Å². The third kappa shape index (κ3) is 1.27. The highest BCUT2D eigenvalue weighted by molar-refractivity contribution is 6.22. The van der Waals surface area contributed by atoms with Gasteiger partial charge in [-0.1, -0.05) is 36.4 Å². The Balaban J connectivity index is 2.20. The van der Waals surface area contributed by atoms with Gasteiger partial charge in [0, 0.05) is 10.8 Å². The molecule has 0 unspecified atom stereocenters. The Hall–Kier alpha value is -2.88. The van der Waals surface area contributed by atoms with Crippen LogP contribution in [0.25, 0.3) is 43.9 Å². The van der Waals surface area contributed by atoms with Crippen LogP contribution in [-0.4, -0.2) is 0 Å². The fraction of sp³-hybridized carbons (Fsp3) is 0. The minimum absolute atomic E-state index is 0.106. The lowest BCUT2D eigenvalue weighted by Crippen LogP contribution is -1.86. The van der Waals surface area contributed by atoms with Gasteiger partial charge in [-0.15, -0.1) is 0 Å². The Bertz CT molecular complexity index is 1200. The molecule has 0 radical (unpaired) electrons. The molecule has 2 heterocycles. The maximum absolute atomic E-state index is 14.5. The van der Waals surface area contributed by atoms with E-state index in [1.165, 1.54) is 0 Å². The third-order valence-electron chi connectivity index (χ3n) is 4.03. The predicted octanol–water partition coefficient (Wildman–Crippen LogP) is 5.76. The molecule has 2 aromatic heterocycles. The molecule has 5 aromatic rings. The fourth-order valence-electron chi connectivity index (χ4n) is 3.07. The Morgan fingerprint density at radius 1 is 0.591 bits per heavy atom. The Morgan fingerprint density at radius 3 is 1.82 bits per heavy atom. The van der Waals surface area contributed by atoms with Gasteiger partial charge in [-0.05, 0) is 12.1 Å². The van der Waals surface area contributed by atoms with E-state index in [2.05, 4.69) is 0 Å². The average molecular weight is 294 g/mol. The molecule has 0 aliphatic rings. The maximum Gasteiger partial charge on any atom is 0.202 e. The Labute approximate surface area is 122 Å². The molecule has 0 aliphatic heterocycles. The fourth-order valence-corrected chi connectivity index (χ4v) is 3.07. The van der Waals surface area contributed by atoms with Gasteiger partial charge in [0.05, 0.1) is 10.8 Å². The molecule has 0 fully saturated rings. The smallest absolute Gasteiger partial charge is 0.202 e. The third-order valence-corrected chi connectivity index (χ3v) is 4.03. The Kier molecular flexibility index (Phi) is 2.06. The van der Waals surface area contributed by atoms with Gasteiger partial charge in [0.25, 0.3) is 0 Å². The summed E-state index contributed by atoms with van der Waals surface area (Å²) in [7, 11) is 0. The number of hydrogen-bond donors (Lipinski definition) is 0. The highest BCUT2D eigenvalue weighted by Crippen LogP contribution is 2.41. The van der Waals surface area contributed by atoms with Crippen molar-refractivity contribution in [3.05, 3.63) is 60.2 Å². The van der Waals surface area contributed by atoms with Crippen molar-refractivity contribution in [2.75, 3.05) is 0 Å². The van der Waals surface area contributed by atoms with E-state index in [1.807, 2.05) is 12.1 Å². The number of rotatable bonds is 0. The van der Waals surface area contributed by atoms with Crippen LogP contribution < -0.4 is 0 Å². The van der Waals surface area contributed by atoms with Crippen LogP contribution in [-0.2, 0) is 0 Å². The summed E-state index contributed by atoms with van der Waals surface area (Å²) in [6.45, 7) is 0. The summed E-state index contributed by atoms with van der Waals surface area (Å²) >= 11 is 0. The largest absolute Gasteiger partial charge is 0.455 e. The summed E-state index contributed by atoms with van der Waals surface area (Å²) in [5.41, 5.74) is 1.24. The number of halogens is 2. The minimum Gasteiger partial charge on any atom is -0.455 e. The predicted molar refractivity (Wildman–Crippen MR) is 80.9 cm³/mol. The molecule has 0 N–H and O–H groups in total. The van der Waals surface area contributed by atoms with Crippen molar-refractivity contribution in [3.8, 4) is 0 Å². The van der Waals surface area contributed by atoms with Crippen LogP contribution in [0.5, 0.6) is 0 Å². The second-order valence-corrected chi connectivity index (χ2v) is 5.23. The quantitative estimate of drug-likeness (QED) is 0.363. The van der Waals surface area contributed by atoms with Gasteiger partial charge in [0.15, 0.2) is 11.4 Å². The molecule has 0 aliphatic carbocycles. The van der Waals surface area contributed by atoms with Crippen molar-refractivity contribution in [2.24, 2.45) is 0 Å². The van der Waals surface area contributed by atoms with Crippen molar-refractivity contribution >= 4 is 43.9 Å². The lowest BCUT2D eigenvalue weighted by Gasteiger charge is -1.97. The van der Waals surface area contributed by atoms with E-state index in [1.54, 1.807) is 36.4 Å². The van der Waals surface area contributed by atoms with Crippen molar-refractivity contribution in [1.82, 2.24) is 0 Å². The van der Waals surface area contributed by atoms with Crippen molar-refractivity contribution in [3.63, 3.8) is 0 Å². The SMILES string of the molecule is Fc1c(F)c2c3ccccc3oc2c2c1oc1ccccc12. The topological polar surface area (TPSA) is 26.3 Å². The molecule has 0 amide bonds. The first-order valence-electron chi connectivity index (χ1n) is 6.85. The number of benzene rings is 3. The zero-order valence-electron chi connectivity index (χ0n) is 11.2. The summed E-state index contributed by atoms with van der Waals surface area (Å²) < 4.78 is 40.3. The Morgan fingerprint density at radius 2 is 1.14 bits per heavy atom. The van der Waals surface area contributed by atoms with E-state index in [-0.39, 0.29) is 11.0 Å². The van der Waals surface area contributed by atoms with E-state index < -0.39 is 11.6 Å². The molecule has 3 aromatic carbocycles. The molecule has 0 saturated heterocycles. The van der Waals surface area contributed by atoms with Gasteiger partial charge >= 0.3 is 0 Å². The van der Waals surface area contributed by atoms with Gasteiger partial charge in [-0.25, -0.2) is 4.39 Å². The van der Waals surface area contributed by atoms with Crippen LogP contribution >= 0.6 is 0 Å². The lowest BCUT2D eigenvalue weighted by molar-refractivity contribution is 0.504. The van der Waals surface area contributed by atoms with Crippen LogP contribution in [0.2, 0.25) is 0 Å². The molecule has 0 atom stereocenters. The maximum atomic E-state index is 14.5. The van der Waals surface area contributed by atoms with E-state index >= 15 is 0 Å². The molecule has 22 heavy (non-hydrogen) atoms. The van der Waals surface area contributed by atoms with Crippen molar-refractivity contribution < 1.29 is 17.6 Å². The van der Waals surface area contributed by atoms with Gasteiger partial charge in [0.1, 0.15) is 16.7 Å². The first-order valence-corrected chi connectivity index (χ1v) is 6.85. The molecule has 2 nitrogen and oxygen atoms in total. The standard InChI is InChI=1S/C18H8F2O2/c19-15-13-9-5-1-3-7-11(9)21-17(13)14-10-6-2-4-8-12(10)22-18(14)16(15)20/h1-8H. The van der Waals surface area contributed by atoms with Crippen LogP contribution in [0.4, 0.5) is 8.78 Å². The van der Waals surface area contributed by atoms with Crippen LogP contribution in [0.3, 0.4) is 0 Å². The molecule has 5 rings (SSSR count). The van der Waals surface area contributed by atoms with Crippen molar-refractivity contribution in [2.45, 2.75) is 0 Å². The van der Waals surface area contributed by atoms with Crippen LogP contribution in [0, 0.1) is 11.6 Å². The number of hydrogen-bond acceptors (Lipinski definition) is 2. The highest BCUT2D eigenvalue weighted by atomic mass is 19.2. The molecule has 0 saturated carbocycles. The lowest BCUT2D eigenvalue weighted by atomic mass is 10.1. The molecular weight excluding hydrogens is 286 g/mol. The number of fused-ring (bicyclic) bond motifs is 7. The van der Waals surface area contributed by atoms with Crippen LogP contribution in [0.15, 0.2) is 57.4 Å². The van der Waals surface area contributed by atoms with E-state index in [0.717, 1.165) is 0 Å². The van der Waals surface area contributed by atoms with E-state index in [9.17, 15) is 8.78 Å². The van der Waals surface area contributed by atoms with Gasteiger partial charge in [-0.3, -0.25) is 0 Å². The number of para-hydroxylation sites is 2. The van der Waals surface area contributed by atoms with Gasteiger partial charge in [-0.2, -0.15) is 4.39 Å². The molecule has 0 spiro atoms. The first-order chi connectivity index (χ1) is 10.8. The van der Waals surface area contributed by atoms with E-state index in [4.69, 9.17) is 8.83 Å². The molecule has 106 valence electrons. The zero-order chi connectivity index (χ0) is 14.8. The number of furan rings is 2. The van der Waals surface area contributed by atoms with Crippen LogP contribution in [0.1, 0.15) is 0 Å². The summed E-state index contributed by atoms with van der Waals surface area (Å²) in [4.78, 5) is 0. The first kappa shape index (κ1) is 11.7. The van der Waals surface area contributed by atoms with Gasteiger partial charge in [0.2, 0.25) is 5.82 Å². The summed E-state index contributed by atoms with van der Waals surface area (Å²) in [6.07, 6.45) is 0. The minimum atomic E-state index is -0.981. The second kappa shape index (κ2) is 3.85. The zero-order valence-corrected chi connectivity index (χ0v) is 11.2. The summed E-state index contributed by atoms with van der Waals surface area (Å²) in [5, 5.41) is 1.90. The second-order valence-electron chi connectivity index (χ2n) is 5.23. The normalized spacial score (nSPS) is 12.1. The average Bonchev–Trinajstić information content (AvgIpc) is 3.11. The molecular formula is C18H8F2O2. The van der Waals surface area contributed by atoms with Gasteiger partial charge < -0.3 is 8.83 Å². The molecule has 0 bridgehead atoms. The summed E-state index contributed by atoms with van der Waals surface area (Å²) in [5.74, 6) is -1.92.